The molecule has 0 saturated heterocycles. The van der Waals surface area contributed by atoms with Gasteiger partial charge in [-0.15, -0.1) is 0 Å². The van der Waals surface area contributed by atoms with Crippen LogP contribution in [0, 0.1) is 0 Å². The lowest BCUT2D eigenvalue weighted by atomic mass is 10.1. The molecule has 0 atom stereocenters. The van der Waals surface area contributed by atoms with Crippen LogP contribution in [0.2, 0.25) is 0 Å². The summed E-state index contributed by atoms with van der Waals surface area (Å²) in [4.78, 5) is 0. The third-order valence-corrected chi connectivity index (χ3v) is 2.62. The molecule has 0 aromatic heterocycles. The van der Waals surface area contributed by atoms with E-state index in [9.17, 15) is 26.3 Å². The Morgan fingerprint density at radius 2 is 1.44 bits per heavy atom. The van der Waals surface area contributed by atoms with Gasteiger partial charge in [-0.2, -0.15) is 26.3 Å². The lowest BCUT2D eigenvalue weighted by molar-refractivity contribution is -0.162. The minimum absolute atomic E-state index is 0.308. The van der Waals surface area contributed by atoms with Crippen LogP contribution in [0.5, 0.6) is 0 Å². The molecule has 0 aliphatic rings. The molecule has 16 heavy (non-hydrogen) atoms. The highest BCUT2D eigenvalue weighted by atomic mass is 79.9. The van der Waals surface area contributed by atoms with Crippen LogP contribution in [-0.2, 0) is 12.4 Å². The molecule has 2 N–H and O–H groups in total. The summed E-state index contributed by atoms with van der Waals surface area (Å²) in [5.74, 6) is 0. The molecule has 1 aromatic rings. The monoisotopic (exact) mass is 307 g/mol. The number of anilines is 1. The Balaban J connectivity index is 3.59. The van der Waals surface area contributed by atoms with Gasteiger partial charge in [-0.3, -0.25) is 0 Å². The number of benzene rings is 1. The minimum Gasteiger partial charge on any atom is -0.398 e. The van der Waals surface area contributed by atoms with Crippen molar-refractivity contribution in [2.24, 2.45) is 0 Å². The smallest absolute Gasteiger partial charge is 0.398 e. The van der Waals surface area contributed by atoms with Gasteiger partial charge in [0, 0.05) is 5.69 Å². The van der Waals surface area contributed by atoms with Crippen LogP contribution in [0.4, 0.5) is 32.0 Å². The molecule has 0 aliphatic heterocycles. The summed E-state index contributed by atoms with van der Waals surface area (Å²) in [6.07, 6.45) is -10.2. The molecule has 0 unspecified atom stereocenters. The molecule has 1 nitrogen and oxygen atoms in total. The number of hydrogen-bond donors (Lipinski definition) is 1. The van der Waals surface area contributed by atoms with Gasteiger partial charge < -0.3 is 5.73 Å². The summed E-state index contributed by atoms with van der Waals surface area (Å²) in [5, 5.41) is 0. The van der Waals surface area contributed by atoms with Crippen molar-refractivity contribution in [3.63, 3.8) is 0 Å². The molecule has 0 aliphatic carbocycles. The molecule has 0 saturated carbocycles. The first-order valence-electron chi connectivity index (χ1n) is 3.77. The van der Waals surface area contributed by atoms with E-state index in [1.54, 1.807) is 0 Å². The molecule has 0 bridgehead atoms. The molecule has 1 aromatic carbocycles. The SMILES string of the molecule is Nc1ccc(C(F)(F)F)c(C(F)(F)F)c1Br. The van der Waals surface area contributed by atoms with Crippen molar-refractivity contribution in [3.8, 4) is 0 Å². The molecule has 0 radical (unpaired) electrons. The number of halogens is 7. The van der Waals surface area contributed by atoms with Crippen molar-refractivity contribution >= 4 is 21.6 Å². The highest BCUT2D eigenvalue weighted by Gasteiger charge is 2.44. The Kier molecular flexibility index (Phi) is 3.15. The third-order valence-electron chi connectivity index (χ3n) is 1.76. The van der Waals surface area contributed by atoms with Gasteiger partial charge in [-0.25, -0.2) is 0 Å². The fourth-order valence-corrected chi connectivity index (χ4v) is 1.68. The van der Waals surface area contributed by atoms with Gasteiger partial charge in [0.25, 0.3) is 0 Å². The second kappa shape index (κ2) is 3.83. The average molecular weight is 308 g/mol. The average Bonchev–Trinajstić information content (AvgIpc) is 2.05. The summed E-state index contributed by atoms with van der Waals surface area (Å²) in [5.41, 5.74) is 1.14. The summed E-state index contributed by atoms with van der Waals surface area (Å²) in [7, 11) is 0. The molecular formula is C8H4BrF6N. The van der Waals surface area contributed by atoms with Gasteiger partial charge in [-0.1, -0.05) is 0 Å². The lowest BCUT2D eigenvalue weighted by Gasteiger charge is -2.17. The molecular weight excluding hydrogens is 304 g/mol. The molecule has 0 amide bonds. The Hall–Kier alpha value is -0.920. The van der Waals surface area contributed by atoms with Crippen molar-refractivity contribution in [1.82, 2.24) is 0 Å². The Morgan fingerprint density at radius 1 is 0.938 bits per heavy atom. The van der Waals surface area contributed by atoms with Crippen molar-refractivity contribution in [2.75, 3.05) is 5.73 Å². The number of nitrogen functional groups attached to an aromatic ring is 1. The van der Waals surface area contributed by atoms with Crippen LogP contribution >= 0.6 is 15.9 Å². The highest BCUT2D eigenvalue weighted by molar-refractivity contribution is 9.10. The van der Waals surface area contributed by atoms with E-state index in [1.165, 1.54) is 0 Å². The van der Waals surface area contributed by atoms with E-state index in [4.69, 9.17) is 5.73 Å². The van der Waals surface area contributed by atoms with Crippen LogP contribution in [0.1, 0.15) is 11.1 Å². The molecule has 0 heterocycles. The van der Waals surface area contributed by atoms with Crippen LogP contribution in [0.25, 0.3) is 0 Å². The van der Waals surface area contributed by atoms with Gasteiger partial charge in [0.2, 0.25) is 0 Å². The van der Waals surface area contributed by atoms with Crippen LogP contribution in [0.15, 0.2) is 16.6 Å². The zero-order valence-corrected chi connectivity index (χ0v) is 8.96. The third kappa shape index (κ3) is 2.42. The van der Waals surface area contributed by atoms with E-state index in [0.717, 1.165) is 6.07 Å². The number of alkyl halides is 6. The van der Waals surface area contributed by atoms with Crippen molar-refractivity contribution in [1.29, 1.82) is 0 Å². The molecule has 90 valence electrons. The quantitative estimate of drug-likeness (QED) is 0.567. The summed E-state index contributed by atoms with van der Waals surface area (Å²) < 4.78 is 73.5. The maximum absolute atomic E-state index is 12.4. The lowest BCUT2D eigenvalue weighted by Crippen LogP contribution is -2.17. The maximum Gasteiger partial charge on any atom is 0.418 e. The van der Waals surface area contributed by atoms with E-state index in [0.29, 0.717) is 6.07 Å². The van der Waals surface area contributed by atoms with E-state index in [2.05, 4.69) is 15.9 Å². The van der Waals surface area contributed by atoms with E-state index >= 15 is 0 Å². The Bertz CT molecular complexity index is 408. The topological polar surface area (TPSA) is 26.0 Å². The van der Waals surface area contributed by atoms with E-state index in [1.807, 2.05) is 0 Å². The summed E-state index contributed by atoms with van der Waals surface area (Å²) >= 11 is 2.41. The zero-order chi connectivity index (χ0) is 12.7. The second-order valence-corrected chi connectivity index (χ2v) is 3.68. The van der Waals surface area contributed by atoms with Gasteiger partial charge in [-0.05, 0) is 28.1 Å². The predicted octanol–water partition coefficient (Wildman–Crippen LogP) is 4.07. The van der Waals surface area contributed by atoms with Crippen molar-refractivity contribution < 1.29 is 26.3 Å². The highest BCUT2D eigenvalue weighted by Crippen LogP contribution is 2.45. The minimum atomic E-state index is -5.13. The largest absolute Gasteiger partial charge is 0.418 e. The van der Waals surface area contributed by atoms with Gasteiger partial charge in [0.1, 0.15) is 0 Å². The number of nitrogens with two attached hydrogens (primary N) is 1. The first kappa shape index (κ1) is 13.1. The number of hydrogen-bond acceptors (Lipinski definition) is 1. The number of rotatable bonds is 0. The Labute approximate surface area is 94.4 Å². The molecule has 0 fully saturated rings. The fourth-order valence-electron chi connectivity index (χ4n) is 1.11. The fraction of sp³-hybridized carbons (Fsp3) is 0.250. The second-order valence-electron chi connectivity index (χ2n) is 2.89. The van der Waals surface area contributed by atoms with Crippen molar-refractivity contribution in [2.45, 2.75) is 12.4 Å². The van der Waals surface area contributed by atoms with Gasteiger partial charge in [0.05, 0.1) is 15.6 Å². The van der Waals surface area contributed by atoms with E-state index in [-0.39, 0.29) is 0 Å². The molecule has 0 spiro atoms. The maximum atomic E-state index is 12.4. The van der Waals surface area contributed by atoms with Crippen LogP contribution in [0.3, 0.4) is 0 Å². The molecule has 1 rings (SSSR count). The first-order chi connectivity index (χ1) is 7.05. The van der Waals surface area contributed by atoms with Gasteiger partial charge >= 0.3 is 12.4 Å². The normalized spacial score (nSPS) is 12.9. The summed E-state index contributed by atoms with van der Waals surface area (Å²) in [6.45, 7) is 0. The standard InChI is InChI=1S/C8H4BrF6N/c9-6-4(16)2-1-3(7(10,11)12)5(6)8(13,14)15/h1-2H,16H2. The zero-order valence-electron chi connectivity index (χ0n) is 7.38. The Morgan fingerprint density at radius 3 is 1.81 bits per heavy atom. The predicted molar refractivity (Wildman–Crippen MR) is 48.6 cm³/mol. The molecule has 8 heteroatoms. The van der Waals surface area contributed by atoms with Crippen LogP contribution in [-0.4, -0.2) is 0 Å². The van der Waals surface area contributed by atoms with Crippen LogP contribution < -0.4 is 5.73 Å². The van der Waals surface area contributed by atoms with E-state index < -0.39 is 33.6 Å². The summed E-state index contributed by atoms with van der Waals surface area (Å²) in [6, 6.07) is 1.07. The van der Waals surface area contributed by atoms with Gasteiger partial charge in [0.15, 0.2) is 0 Å². The van der Waals surface area contributed by atoms with Crippen molar-refractivity contribution in [3.05, 3.63) is 27.7 Å². The first-order valence-corrected chi connectivity index (χ1v) is 4.57.